The lowest BCUT2D eigenvalue weighted by Gasteiger charge is -2.10. The molecule has 0 spiro atoms. The van der Waals surface area contributed by atoms with Crippen LogP contribution in [0, 0.1) is 0 Å². The van der Waals surface area contributed by atoms with Crippen LogP contribution in [0.2, 0.25) is 5.02 Å². The van der Waals surface area contributed by atoms with Gasteiger partial charge in [-0.1, -0.05) is 17.7 Å². The maximum absolute atomic E-state index is 11.8. The van der Waals surface area contributed by atoms with Gasteiger partial charge >= 0.3 is 5.97 Å². The number of hydrogen-bond donors (Lipinski definition) is 3. The number of halogens is 1. The Balaban J connectivity index is 1.96. The first kappa shape index (κ1) is 16.6. The molecule has 0 aliphatic heterocycles. The van der Waals surface area contributed by atoms with E-state index in [1.165, 1.54) is 18.2 Å². The number of carboxylic acid groups (broad SMARTS) is 1. The van der Waals surface area contributed by atoms with E-state index in [1.54, 1.807) is 24.3 Å². The maximum atomic E-state index is 11.8. The molecular weight excluding hydrogens is 322 g/mol. The molecule has 0 saturated carbocycles. The Morgan fingerprint density at radius 2 is 1.83 bits per heavy atom. The van der Waals surface area contributed by atoms with Crippen molar-refractivity contribution in [3.8, 4) is 11.5 Å². The van der Waals surface area contributed by atoms with Crippen molar-refractivity contribution in [2.45, 2.75) is 6.42 Å². The lowest BCUT2D eigenvalue weighted by atomic mass is 10.1. The largest absolute Gasteiger partial charge is 0.506 e. The third-order valence-electron chi connectivity index (χ3n) is 2.87. The normalized spacial score (nSPS) is 10.1. The molecule has 0 aliphatic rings. The number of carboxylic acids is 1. The molecule has 0 unspecified atom stereocenters. The zero-order valence-electron chi connectivity index (χ0n) is 12.0. The van der Waals surface area contributed by atoms with Crippen LogP contribution in [0.4, 0.5) is 5.69 Å². The van der Waals surface area contributed by atoms with Crippen LogP contribution in [0.25, 0.3) is 0 Å². The van der Waals surface area contributed by atoms with Crippen molar-refractivity contribution < 1.29 is 24.5 Å². The molecule has 23 heavy (non-hydrogen) atoms. The van der Waals surface area contributed by atoms with Crippen LogP contribution in [0.1, 0.15) is 5.56 Å². The van der Waals surface area contributed by atoms with E-state index >= 15 is 0 Å². The van der Waals surface area contributed by atoms with E-state index < -0.39 is 11.9 Å². The van der Waals surface area contributed by atoms with Gasteiger partial charge in [-0.05, 0) is 42.0 Å². The summed E-state index contributed by atoms with van der Waals surface area (Å²) in [6, 6.07) is 10.7. The molecule has 0 bridgehead atoms. The third-order valence-corrected chi connectivity index (χ3v) is 3.13. The lowest BCUT2D eigenvalue weighted by Crippen LogP contribution is -2.20. The van der Waals surface area contributed by atoms with Crippen LogP contribution in [0.5, 0.6) is 11.5 Å². The number of rotatable bonds is 6. The predicted molar refractivity (Wildman–Crippen MR) is 85.0 cm³/mol. The first-order valence-electron chi connectivity index (χ1n) is 6.66. The number of phenols is 1. The molecular formula is C16H14ClNO5. The molecule has 0 heterocycles. The van der Waals surface area contributed by atoms with Gasteiger partial charge in [-0.3, -0.25) is 9.59 Å². The fraction of sp³-hybridized carbons (Fsp3) is 0.125. The minimum Gasteiger partial charge on any atom is -0.506 e. The van der Waals surface area contributed by atoms with E-state index in [4.69, 9.17) is 21.4 Å². The highest BCUT2D eigenvalue weighted by atomic mass is 35.5. The van der Waals surface area contributed by atoms with Crippen molar-refractivity contribution in [3.05, 3.63) is 53.1 Å². The number of aromatic hydroxyl groups is 1. The van der Waals surface area contributed by atoms with Crippen LogP contribution in [-0.2, 0) is 16.0 Å². The molecule has 1 amide bonds. The van der Waals surface area contributed by atoms with E-state index in [0.717, 1.165) is 0 Å². The molecule has 0 radical (unpaired) electrons. The topological polar surface area (TPSA) is 95.9 Å². The average Bonchev–Trinajstić information content (AvgIpc) is 2.49. The number of carbonyl (C=O) groups is 2. The summed E-state index contributed by atoms with van der Waals surface area (Å²) in [4.78, 5) is 22.5. The number of hydrogen-bond acceptors (Lipinski definition) is 4. The number of ether oxygens (including phenoxy) is 1. The van der Waals surface area contributed by atoms with Gasteiger partial charge < -0.3 is 20.3 Å². The Hall–Kier alpha value is -2.73. The molecule has 2 aromatic rings. The Morgan fingerprint density at radius 1 is 1.13 bits per heavy atom. The van der Waals surface area contributed by atoms with Gasteiger partial charge in [-0.2, -0.15) is 0 Å². The van der Waals surface area contributed by atoms with Gasteiger partial charge in [0, 0.05) is 5.02 Å². The first-order valence-corrected chi connectivity index (χ1v) is 7.04. The summed E-state index contributed by atoms with van der Waals surface area (Å²) in [7, 11) is 0. The molecule has 0 aliphatic carbocycles. The number of anilines is 1. The Labute approximate surface area is 137 Å². The molecule has 0 saturated heterocycles. The second kappa shape index (κ2) is 7.51. The number of amides is 1. The molecule has 2 aromatic carbocycles. The maximum Gasteiger partial charge on any atom is 0.307 e. The highest BCUT2D eigenvalue weighted by Gasteiger charge is 2.10. The van der Waals surface area contributed by atoms with Gasteiger partial charge in [0.2, 0.25) is 0 Å². The van der Waals surface area contributed by atoms with Gasteiger partial charge in [0.1, 0.15) is 11.5 Å². The van der Waals surface area contributed by atoms with Crippen LogP contribution in [-0.4, -0.2) is 28.7 Å². The fourth-order valence-electron chi connectivity index (χ4n) is 1.83. The number of benzene rings is 2. The van der Waals surface area contributed by atoms with Crippen molar-refractivity contribution in [3.63, 3.8) is 0 Å². The number of aliphatic carboxylic acids is 1. The minimum atomic E-state index is -1.00. The number of nitrogens with one attached hydrogen (secondary N) is 1. The van der Waals surface area contributed by atoms with Crippen molar-refractivity contribution in [1.29, 1.82) is 0 Å². The smallest absolute Gasteiger partial charge is 0.307 e. The van der Waals surface area contributed by atoms with Gasteiger partial charge in [0.05, 0.1) is 12.1 Å². The Kier molecular flexibility index (Phi) is 5.43. The van der Waals surface area contributed by atoms with Crippen molar-refractivity contribution in [1.82, 2.24) is 0 Å². The quantitative estimate of drug-likeness (QED) is 0.705. The van der Waals surface area contributed by atoms with Crippen molar-refractivity contribution in [2.75, 3.05) is 11.9 Å². The van der Waals surface area contributed by atoms with Crippen molar-refractivity contribution >= 4 is 29.2 Å². The molecule has 0 atom stereocenters. The van der Waals surface area contributed by atoms with Crippen LogP contribution >= 0.6 is 11.6 Å². The van der Waals surface area contributed by atoms with Crippen molar-refractivity contribution in [2.24, 2.45) is 0 Å². The van der Waals surface area contributed by atoms with E-state index in [9.17, 15) is 14.7 Å². The van der Waals surface area contributed by atoms with E-state index in [2.05, 4.69) is 5.32 Å². The molecule has 0 fully saturated rings. The molecule has 0 aromatic heterocycles. The van der Waals surface area contributed by atoms with E-state index in [1.807, 2.05) is 0 Å². The third kappa shape index (κ3) is 5.19. The average molecular weight is 336 g/mol. The Morgan fingerprint density at radius 3 is 2.48 bits per heavy atom. The first-order chi connectivity index (χ1) is 10.9. The molecule has 3 N–H and O–H groups in total. The summed E-state index contributed by atoms with van der Waals surface area (Å²) in [6.45, 7) is -0.260. The summed E-state index contributed by atoms with van der Waals surface area (Å²) in [6.07, 6.45) is -0.204. The fourth-order valence-corrected chi connectivity index (χ4v) is 1.96. The molecule has 2 rings (SSSR count). The zero-order chi connectivity index (χ0) is 16.8. The standard InChI is InChI=1S/C16H14ClNO5/c17-11-2-4-12(5-3-11)23-9-15(20)18-13-7-10(8-16(21)22)1-6-14(13)19/h1-7,19H,8-9H2,(H,18,20)(H,21,22). The minimum absolute atomic E-state index is 0.133. The monoisotopic (exact) mass is 335 g/mol. The summed E-state index contributed by atoms with van der Waals surface area (Å²) in [5, 5.41) is 21.5. The zero-order valence-corrected chi connectivity index (χ0v) is 12.7. The van der Waals surface area contributed by atoms with Gasteiger partial charge in [0.25, 0.3) is 5.91 Å². The second-order valence-corrected chi connectivity index (χ2v) is 5.15. The summed E-state index contributed by atoms with van der Waals surface area (Å²) in [5.74, 6) is -1.16. The lowest BCUT2D eigenvalue weighted by molar-refractivity contribution is -0.136. The highest BCUT2D eigenvalue weighted by molar-refractivity contribution is 6.30. The van der Waals surface area contributed by atoms with E-state index in [0.29, 0.717) is 16.3 Å². The van der Waals surface area contributed by atoms with Crippen LogP contribution in [0.15, 0.2) is 42.5 Å². The molecule has 120 valence electrons. The molecule has 6 nitrogen and oxygen atoms in total. The highest BCUT2D eigenvalue weighted by Crippen LogP contribution is 2.24. The summed E-state index contributed by atoms with van der Waals surface area (Å²) >= 11 is 5.75. The second-order valence-electron chi connectivity index (χ2n) is 4.71. The van der Waals surface area contributed by atoms with E-state index in [-0.39, 0.29) is 24.5 Å². The van der Waals surface area contributed by atoms with Crippen LogP contribution < -0.4 is 10.1 Å². The SMILES string of the molecule is O=C(O)Cc1ccc(O)c(NC(=O)COc2ccc(Cl)cc2)c1. The number of carbonyl (C=O) groups excluding carboxylic acids is 1. The molecule has 7 heteroatoms. The van der Waals surface area contributed by atoms with Crippen LogP contribution in [0.3, 0.4) is 0 Å². The predicted octanol–water partition coefficient (Wildman–Crippen LogP) is 2.69. The Bertz CT molecular complexity index is 715. The van der Waals surface area contributed by atoms with Gasteiger partial charge in [0.15, 0.2) is 6.61 Å². The summed E-state index contributed by atoms with van der Waals surface area (Å²) in [5.41, 5.74) is 0.595. The number of phenolic OH excluding ortho intramolecular Hbond substituents is 1. The van der Waals surface area contributed by atoms with Gasteiger partial charge in [-0.15, -0.1) is 0 Å². The van der Waals surface area contributed by atoms with Gasteiger partial charge in [-0.25, -0.2) is 0 Å². The summed E-state index contributed by atoms with van der Waals surface area (Å²) < 4.78 is 5.28.